The number of carbonyl (C=O) groups is 1. The van der Waals surface area contributed by atoms with Crippen LogP contribution in [-0.4, -0.2) is 60.5 Å². The fourth-order valence-electron chi connectivity index (χ4n) is 6.57. The molecule has 0 saturated carbocycles. The van der Waals surface area contributed by atoms with Gasteiger partial charge in [-0.15, -0.1) is 0 Å². The Labute approximate surface area is 247 Å². The highest BCUT2D eigenvalue weighted by molar-refractivity contribution is 5.95. The molecule has 0 spiro atoms. The normalized spacial score (nSPS) is 20.4. The second kappa shape index (κ2) is 12.2. The Bertz CT molecular complexity index is 1380. The molecule has 0 bridgehead atoms. The highest BCUT2D eigenvalue weighted by Gasteiger charge is 2.40. The third-order valence-electron chi connectivity index (χ3n) is 8.68. The Morgan fingerprint density at radius 2 is 1.35 bits per heavy atom. The predicted octanol–water partition coefficient (Wildman–Crippen LogP) is 7.38. The van der Waals surface area contributed by atoms with Gasteiger partial charge >= 0.3 is 12.4 Å². The molecule has 0 aromatic heterocycles. The van der Waals surface area contributed by atoms with Crippen LogP contribution in [0.3, 0.4) is 0 Å². The lowest BCUT2D eigenvalue weighted by Gasteiger charge is -2.47. The molecule has 5 rings (SSSR count). The molecule has 0 N–H and O–H groups in total. The maximum absolute atomic E-state index is 13.7. The lowest BCUT2D eigenvalue weighted by Crippen LogP contribution is -2.57. The van der Waals surface area contributed by atoms with Crippen molar-refractivity contribution in [3.8, 4) is 0 Å². The number of hydrogen-bond acceptors (Lipinski definition) is 3. The number of carbonyl (C=O) groups excluding carboxylic acids is 1. The molecule has 2 unspecified atom stereocenters. The molecule has 43 heavy (non-hydrogen) atoms. The van der Waals surface area contributed by atoms with Gasteiger partial charge in [0, 0.05) is 56.1 Å². The third kappa shape index (κ3) is 7.00. The summed E-state index contributed by atoms with van der Waals surface area (Å²) in [5.41, 5.74) is 1.09. The molecule has 2 heterocycles. The van der Waals surface area contributed by atoms with E-state index in [-0.39, 0.29) is 24.7 Å². The van der Waals surface area contributed by atoms with Crippen molar-refractivity contribution in [2.24, 2.45) is 0 Å². The number of piperidine rings is 1. The minimum Gasteiger partial charge on any atom is -0.369 e. The van der Waals surface area contributed by atoms with E-state index in [1.165, 1.54) is 21.7 Å². The molecule has 2 atom stereocenters. The molecule has 0 radical (unpaired) electrons. The summed E-state index contributed by atoms with van der Waals surface area (Å²) >= 11 is 0. The summed E-state index contributed by atoms with van der Waals surface area (Å²) in [5.74, 6) is -0.809. The molecule has 2 aliphatic heterocycles. The molecule has 2 saturated heterocycles. The highest BCUT2D eigenvalue weighted by Crippen LogP contribution is 2.37. The first kappa shape index (κ1) is 30.9. The zero-order chi connectivity index (χ0) is 30.9. The number of hydrogen-bond donors (Lipinski definition) is 0. The summed E-state index contributed by atoms with van der Waals surface area (Å²) < 4.78 is 81.3. The molecule has 4 nitrogen and oxygen atoms in total. The fraction of sp³-hybridized carbons (Fsp3) is 0.424. The number of aryl methyl sites for hydroxylation is 2. The Hall–Kier alpha value is -3.53. The highest BCUT2D eigenvalue weighted by atomic mass is 19.4. The number of piperazine rings is 1. The lowest BCUT2D eigenvalue weighted by atomic mass is 9.90. The molecule has 0 aliphatic carbocycles. The summed E-state index contributed by atoms with van der Waals surface area (Å²) in [6.45, 7) is 7.81. The number of nitrogens with zero attached hydrogens (tertiary/aromatic N) is 3. The molecule has 2 fully saturated rings. The number of likely N-dealkylation sites (tertiary alicyclic amines) is 1. The average Bonchev–Trinajstić information content (AvgIpc) is 2.96. The van der Waals surface area contributed by atoms with E-state index < -0.39 is 35.0 Å². The van der Waals surface area contributed by atoms with E-state index in [2.05, 4.69) is 41.8 Å². The van der Waals surface area contributed by atoms with Crippen molar-refractivity contribution < 1.29 is 31.1 Å². The van der Waals surface area contributed by atoms with E-state index in [9.17, 15) is 31.1 Å². The number of anilines is 1. The Morgan fingerprint density at radius 3 is 1.91 bits per heavy atom. The van der Waals surface area contributed by atoms with Crippen LogP contribution in [-0.2, 0) is 18.8 Å². The van der Waals surface area contributed by atoms with Crippen LogP contribution < -0.4 is 4.90 Å². The number of halogens is 6. The van der Waals surface area contributed by atoms with Crippen LogP contribution >= 0.6 is 0 Å². The van der Waals surface area contributed by atoms with E-state index in [0.717, 1.165) is 31.7 Å². The van der Waals surface area contributed by atoms with Gasteiger partial charge in [0.1, 0.15) is 0 Å². The average molecular weight is 604 g/mol. The first-order valence-corrected chi connectivity index (χ1v) is 14.5. The van der Waals surface area contributed by atoms with E-state index in [4.69, 9.17) is 0 Å². The van der Waals surface area contributed by atoms with Crippen molar-refractivity contribution >= 4 is 11.6 Å². The largest absolute Gasteiger partial charge is 0.416 e. The predicted molar refractivity (Wildman–Crippen MR) is 154 cm³/mol. The van der Waals surface area contributed by atoms with Gasteiger partial charge in [-0.3, -0.25) is 9.69 Å². The minimum atomic E-state index is -5.02. The molecule has 3 aromatic rings. The quantitative estimate of drug-likeness (QED) is 0.285. The fourth-order valence-corrected chi connectivity index (χ4v) is 6.57. The second-order valence-corrected chi connectivity index (χ2v) is 11.6. The molecule has 1 amide bonds. The summed E-state index contributed by atoms with van der Waals surface area (Å²) in [6, 6.07) is 16.6. The van der Waals surface area contributed by atoms with Gasteiger partial charge in [0.15, 0.2) is 0 Å². The van der Waals surface area contributed by atoms with Gasteiger partial charge in [-0.05, 0) is 68.0 Å². The van der Waals surface area contributed by atoms with E-state index in [1.54, 1.807) is 0 Å². The minimum absolute atomic E-state index is 0.0581. The van der Waals surface area contributed by atoms with Crippen molar-refractivity contribution in [3.63, 3.8) is 0 Å². The van der Waals surface area contributed by atoms with Gasteiger partial charge in [-0.2, -0.15) is 26.3 Å². The van der Waals surface area contributed by atoms with Crippen LogP contribution in [0.25, 0.3) is 0 Å². The van der Waals surface area contributed by atoms with Gasteiger partial charge in [0.2, 0.25) is 0 Å². The summed E-state index contributed by atoms with van der Waals surface area (Å²) in [7, 11) is 0. The summed E-state index contributed by atoms with van der Waals surface area (Å²) in [6.07, 6.45) is -8.42. The van der Waals surface area contributed by atoms with Gasteiger partial charge in [0.05, 0.1) is 11.1 Å². The second-order valence-electron chi connectivity index (χ2n) is 11.6. The molecular weight excluding hydrogens is 568 g/mol. The summed E-state index contributed by atoms with van der Waals surface area (Å²) in [4.78, 5) is 20.0. The van der Waals surface area contributed by atoms with Crippen LogP contribution in [0.2, 0.25) is 0 Å². The van der Waals surface area contributed by atoms with Gasteiger partial charge in [-0.25, -0.2) is 0 Å². The number of benzene rings is 3. The Kier molecular flexibility index (Phi) is 8.79. The van der Waals surface area contributed by atoms with Crippen LogP contribution in [0.15, 0.2) is 66.7 Å². The van der Waals surface area contributed by atoms with Crippen LogP contribution in [0.4, 0.5) is 32.0 Å². The zero-order valence-corrected chi connectivity index (χ0v) is 24.2. The van der Waals surface area contributed by atoms with Crippen molar-refractivity contribution in [2.45, 2.75) is 57.5 Å². The Balaban J connectivity index is 1.37. The van der Waals surface area contributed by atoms with Crippen molar-refractivity contribution in [1.82, 2.24) is 9.80 Å². The van der Waals surface area contributed by atoms with E-state index in [1.807, 2.05) is 30.3 Å². The van der Waals surface area contributed by atoms with Crippen molar-refractivity contribution in [1.29, 1.82) is 0 Å². The van der Waals surface area contributed by atoms with Crippen LogP contribution in [0.1, 0.15) is 51.0 Å². The van der Waals surface area contributed by atoms with Crippen molar-refractivity contribution in [3.05, 3.63) is 100 Å². The first-order valence-electron chi connectivity index (χ1n) is 14.5. The number of para-hydroxylation sites is 1. The Morgan fingerprint density at radius 1 is 0.767 bits per heavy atom. The van der Waals surface area contributed by atoms with Gasteiger partial charge in [-0.1, -0.05) is 48.5 Å². The van der Waals surface area contributed by atoms with Gasteiger partial charge in [0.25, 0.3) is 5.91 Å². The third-order valence-corrected chi connectivity index (χ3v) is 8.68. The topological polar surface area (TPSA) is 26.8 Å². The zero-order valence-electron chi connectivity index (χ0n) is 24.2. The molecular formula is C33H35F6N3O. The van der Waals surface area contributed by atoms with Crippen molar-refractivity contribution in [2.75, 3.05) is 37.6 Å². The molecule has 10 heteroatoms. The standard InChI is InChI=1S/C33H35F6N3O/c1-22-7-6-8-23(2)30(22)41-15-13-40(14-16-41)28-11-12-42(29(21-28)17-24-9-4-3-5-10-24)31(43)25-18-26(32(34,35)36)20-27(19-25)33(37,38)39/h3-10,18-20,28-29H,11-17,21H2,1-2H3. The number of alkyl halides is 6. The lowest BCUT2D eigenvalue weighted by molar-refractivity contribution is -0.143. The number of rotatable bonds is 5. The summed E-state index contributed by atoms with van der Waals surface area (Å²) in [5, 5.41) is 0. The maximum atomic E-state index is 13.7. The number of amides is 1. The first-order chi connectivity index (χ1) is 20.3. The molecule has 3 aromatic carbocycles. The van der Waals surface area contributed by atoms with E-state index in [0.29, 0.717) is 31.4 Å². The maximum Gasteiger partial charge on any atom is 0.416 e. The van der Waals surface area contributed by atoms with Crippen LogP contribution in [0, 0.1) is 13.8 Å². The van der Waals surface area contributed by atoms with Gasteiger partial charge < -0.3 is 9.80 Å². The smallest absolute Gasteiger partial charge is 0.369 e. The molecule has 2 aliphatic rings. The SMILES string of the molecule is Cc1cccc(C)c1N1CCN(C2CCN(C(=O)c3cc(C(F)(F)F)cc(C(F)(F)F)c3)C(Cc3ccccc3)C2)CC1. The monoisotopic (exact) mass is 603 g/mol. The molecule has 230 valence electrons. The van der Waals surface area contributed by atoms with Crippen LogP contribution in [0.5, 0.6) is 0 Å². The van der Waals surface area contributed by atoms with E-state index >= 15 is 0 Å².